The van der Waals surface area contributed by atoms with Crippen LogP contribution >= 0.6 is 0 Å². The number of rotatable bonds is 4. The molecule has 0 spiro atoms. The van der Waals surface area contributed by atoms with Crippen LogP contribution in [0.15, 0.2) is 24.5 Å². The van der Waals surface area contributed by atoms with Crippen molar-refractivity contribution in [2.24, 2.45) is 0 Å². The average Bonchev–Trinajstić information content (AvgIpc) is 2.52. The fraction of sp³-hybridized carbons (Fsp3) is 0.556. The minimum Gasteiger partial charge on any atom is -0.383 e. The van der Waals surface area contributed by atoms with Crippen molar-refractivity contribution in [3.05, 3.63) is 24.5 Å². The maximum atomic E-state index is 5.10. The summed E-state index contributed by atoms with van der Waals surface area (Å²) in [5.41, 5.74) is 0. The smallest absolute Gasteiger partial charge is 0.0669 e. The molecule has 0 aliphatic carbocycles. The van der Waals surface area contributed by atoms with Crippen molar-refractivity contribution in [2.45, 2.75) is 19.4 Å². The van der Waals surface area contributed by atoms with Gasteiger partial charge in [0.2, 0.25) is 0 Å². The normalized spacial score (nSPS) is 13.3. The van der Waals surface area contributed by atoms with E-state index >= 15 is 0 Å². The van der Waals surface area contributed by atoms with Gasteiger partial charge in [0.25, 0.3) is 0 Å². The Morgan fingerprint density at radius 3 is 2.45 bits per heavy atom. The highest BCUT2D eigenvalue weighted by molar-refractivity contribution is 4.92. The van der Waals surface area contributed by atoms with E-state index in [9.17, 15) is 0 Å². The Morgan fingerprint density at radius 1 is 1.36 bits per heavy atom. The van der Waals surface area contributed by atoms with Gasteiger partial charge in [-0.2, -0.15) is 0 Å². The Hall–Kier alpha value is -0.760. The van der Waals surface area contributed by atoms with Crippen molar-refractivity contribution >= 4 is 0 Å². The molecule has 0 fully saturated rings. The average molecular weight is 153 g/mol. The van der Waals surface area contributed by atoms with Gasteiger partial charge in [0.05, 0.1) is 12.6 Å². The molecule has 1 unspecified atom stereocenters. The molecule has 62 valence electrons. The second kappa shape index (κ2) is 4.19. The molecule has 0 saturated heterocycles. The minimum atomic E-state index is 0.495. The molecule has 11 heavy (non-hydrogen) atoms. The van der Waals surface area contributed by atoms with Crippen LogP contribution in [0.25, 0.3) is 0 Å². The summed E-state index contributed by atoms with van der Waals surface area (Å²) in [6, 6.07) is 4.58. The third-order valence-corrected chi connectivity index (χ3v) is 1.88. The van der Waals surface area contributed by atoms with Crippen molar-refractivity contribution in [2.75, 3.05) is 13.7 Å². The number of aromatic nitrogens is 1. The van der Waals surface area contributed by atoms with Crippen molar-refractivity contribution in [3.8, 4) is 0 Å². The zero-order valence-electron chi connectivity index (χ0n) is 7.16. The van der Waals surface area contributed by atoms with Crippen LogP contribution in [0.3, 0.4) is 0 Å². The molecule has 0 bridgehead atoms. The number of hydrogen-bond acceptors (Lipinski definition) is 1. The summed E-state index contributed by atoms with van der Waals surface area (Å²) < 4.78 is 7.28. The first kappa shape index (κ1) is 8.34. The van der Waals surface area contributed by atoms with E-state index in [2.05, 4.69) is 23.9 Å². The van der Waals surface area contributed by atoms with Gasteiger partial charge < -0.3 is 9.30 Å². The van der Waals surface area contributed by atoms with Gasteiger partial charge in [0, 0.05) is 19.5 Å². The van der Waals surface area contributed by atoms with Crippen LogP contribution in [0.5, 0.6) is 0 Å². The lowest BCUT2D eigenvalue weighted by molar-refractivity contribution is 0.153. The van der Waals surface area contributed by atoms with Gasteiger partial charge in [0.1, 0.15) is 0 Å². The van der Waals surface area contributed by atoms with E-state index < -0.39 is 0 Å². The van der Waals surface area contributed by atoms with E-state index in [1.165, 1.54) is 0 Å². The van der Waals surface area contributed by atoms with Gasteiger partial charge >= 0.3 is 0 Å². The quantitative estimate of drug-likeness (QED) is 0.646. The van der Waals surface area contributed by atoms with Crippen molar-refractivity contribution in [1.82, 2.24) is 4.57 Å². The molecular weight excluding hydrogens is 138 g/mol. The zero-order valence-corrected chi connectivity index (χ0v) is 7.16. The summed E-state index contributed by atoms with van der Waals surface area (Å²) in [6.45, 7) is 2.97. The summed E-state index contributed by atoms with van der Waals surface area (Å²) >= 11 is 0. The van der Waals surface area contributed by atoms with Crippen molar-refractivity contribution in [1.29, 1.82) is 0 Å². The van der Waals surface area contributed by atoms with E-state index in [0.717, 1.165) is 13.0 Å². The highest BCUT2D eigenvalue weighted by Gasteiger charge is 2.04. The molecule has 0 saturated carbocycles. The molecule has 0 aromatic carbocycles. The molecule has 2 nitrogen and oxygen atoms in total. The number of methoxy groups -OCH3 is 1. The first-order valence-electron chi connectivity index (χ1n) is 4.00. The highest BCUT2D eigenvalue weighted by atomic mass is 16.5. The number of nitrogens with zero attached hydrogens (tertiary/aromatic N) is 1. The maximum absolute atomic E-state index is 5.10. The van der Waals surface area contributed by atoms with Gasteiger partial charge in [-0.05, 0) is 18.6 Å². The highest BCUT2D eigenvalue weighted by Crippen LogP contribution is 2.10. The topological polar surface area (TPSA) is 14.2 Å². The largest absolute Gasteiger partial charge is 0.383 e. The van der Waals surface area contributed by atoms with Gasteiger partial charge in [-0.3, -0.25) is 0 Å². The van der Waals surface area contributed by atoms with Gasteiger partial charge in [-0.1, -0.05) is 6.92 Å². The molecule has 1 aromatic rings. The summed E-state index contributed by atoms with van der Waals surface area (Å²) in [7, 11) is 1.74. The van der Waals surface area contributed by atoms with Gasteiger partial charge in [-0.15, -0.1) is 0 Å². The predicted molar refractivity (Wildman–Crippen MR) is 45.6 cm³/mol. The van der Waals surface area contributed by atoms with Crippen LogP contribution in [0, 0.1) is 0 Å². The summed E-state index contributed by atoms with van der Waals surface area (Å²) in [4.78, 5) is 0. The Labute approximate surface area is 67.8 Å². The second-order valence-corrected chi connectivity index (χ2v) is 2.65. The third-order valence-electron chi connectivity index (χ3n) is 1.88. The summed E-state index contributed by atoms with van der Waals surface area (Å²) in [5, 5.41) is 0. The van der Waals surface area contributed by atoms with E-state index in [4.69, 9.17) is 4.74 Å². The first-order chi connectivity index (χ1) is 5.38. The van der Waals surface area contributed by atoms with E-state index in [0.29, 0.717) is 6.04 Å². The molecule has 1 rings (SSSR count). The molecule has 1 atom stereocenters. The molecule has 2 heteroatoms. The lowest BCUT2D eigenvalue weighted by Crippen LogP contribution is -2.11. The van der Waals surface area contributed by atoms with E-state index in [1.54, 1.807) is 7.11 Å². The monoisotopic (exact) mass is 153 g/mol. The molecule has 0 N–H and O–H groups in total. The SMILES string of the molecule is CCC(COC)n1cccc1. The Morgan fingerprint density at radius 2 is 2.00 bits per heavy atom. The maximum Gasteiger partial charge on any atom is 0.0669 e. The van der Waals surface area contributed by atoms with Crippen LogP contribution in [-0.4, -0.2) is 18.3 Å². The van der Waals surface area contributed by atoms with Crippen LogP contribution < -0.4 is 0 Å². The van der Waals surface area contributed by atoms with E-state index in [1.807, 2.05) is 12.1 Å². The zero-order chi connectivity index (χ0) is 8.10. The van der Waals surface area contributed by atoms with Crippen LogP contribution in [0.2, 0.25) is 0 Å². The number of ether oxygens (including phenoxy) is 1. The standard InChI is InChI=1S/C9H15NO/c1-3-9(8-11-2)10-6-4-5-7-10/h4-7,9H,3,8H2,1-2H3. The summed E-state index contributed by atoms with van der Waals surface area (Å²) in [6.07, 6.45) is 5.27. The molecule has 0 amide bonds. The van der Waals surface area contributed by atoms with Crippen molar-refractivity contribution in [3.63, 3.8) is 0 Å². The fourth-order valence-corrected chi connectivity index (χ4v) is 1.20. The first-order valence-corrected chi connectivity index (χ1v) is 4.00. The lowest BCUT2D eigenvalue weighted by atomic mass is 10.2. The number of hydrogen-bond donors (Lipinski definition) is 0. The fourth-order valence-electron chi connectivity index (χ4n) is 1.20. The molecule has 1 heterocycles. The Balaban J connectivity index is 2.56. The van der Waals surface area contributed by atoms with Crippen molar-refractivity contribution < 1.29 is 4.74 Å². The predicted octanol–water partition coefficient (Wildman–Crippen LogP) is 2.09. The second-order valence-electron chi connectivity index (χ2n) is 2.65. The van der Waals surface area contributed by atoms with Crippen LogP contribution in [0.4, 0.5) is 0 Å². The Bertz CT molecular complexity index is 181. The van der Waals surface area contributed by atoms with Gasteiger partial charge in [-0.25, -0.2) is 0 Å². The third kappa shape index (κ3) is 2.09. The summed E-state index contributed by atoms with van der Waals surface area (Å²) in [5.74, 6) is 0. The van der Waals surface area contributed by atoms with Gasteiger partial charge in [0.15, 0.2) is 0 Å². The van der Waals surface area contributed by atoms with Crippen LogP contribution in [-0.2, 0) is 4.74 Å². The molecule has 1 aromatic heterocycles. The molecular formula is C9H15NO. The van der Waals surface area contributed by atoms with E-state index in [-0.39, 0.29) is 0 Å². The van der Waals surface area contributed by atoms with Crippen LogP contribution in [0.1, 0.15) is 19.4 Å². The molecule has 0 aliphatic rings. The molecule has 0 radical (unpaired) electrons. The molecule has 0 aliphatic heterocycles. The Kier molecular flexibility index (Phi) is 3.17. The lowest BCUT2D eigenvalue weighted by Gasteiger charge is -2.15. The minimum absolute atomic E-state index is 0.495.